The maximum atomic E-state index is 12.3. The molecule has 3 heterocycles. The molecule has 1 aromatic carbocycles. The van der Waals surface area contributed by atoms with E-state index in [1.54, 1.807) is 15.6 Å². The number of rotatable bonds is 7. The van der Waals surface area contributed by atoms with E-state index in [9.17, 15) is 13.2 Å². The van der Waals surface area contributed by atoms with E-state index in [1.807, 2.05) is 24.0 Å². The van der Waals surface area contributed by atoms with Crippen molar-refractivity contribution in [3.63, 3.8) is 0 Å². The molecule has 1 amide bonds. The second-order valence-electron chi connectivity index (χ2n) is 9.23. The summed E-state index contributed by atoms with van der Waals surface area (Å²) in [4.78, 5) is 18.9. The van der Waals surface area contributed by atoms with E-state index in [4.69, 9.17) is 4.74 Å². The van der Waals surface area contributed by atoms with Gasteiger partial charge in [0.25, 0.3) is 5.19 Å². The summed E-state index contributed by atoms with van der Waals surface area (Å²) in [6.07, 6.45) is 7.30. The lowest BCUT2D eigenvalue weighted by molar-refractivity contribution is -0.134. The predicted octanol–water partition coefficient (Wildman–Crippen LogP) is 3.91. The van der Waals surface area contributed by atoms with E-state index < -0.39 is 10.0 Å². The molecule has 178 valence electrons. The number of amides is 1. The van der Waals surface area contributed by atoms with Crippen molar-refractivity contribution in [1.82, 2.24) is 14.2 Å². The Morgan fingerprint density at radius 1 is 1.18 bits per heavy atom. The van der Waals surface area contributed by atoms with Gasteiger partial charge in [0, 0.05) is 44.9 Å². The van der Waals surface area contributed by atoms with E-state index in [2.05, 4.69) is 17.1 Å². The first-order chi connectivity index (χ1) is 15.9. The SMILES string of the molecule is CCCS(=O)(=O)N1CC=C(c2ccc3nc(OC4CCN(C(=O)C5CC5)CC4)sc3c2)CC1. The third-order valence-electron chi connectivity index (χ3n) is 6.71. The monoisotopic (exact) mass is 489 g/mol. The Bertz CT molecular complexity index is 1160. The molecule has 0 atom stereocenters. The van der Waals surface area contributed by atoms with Crippen molar-refractivity contribution in [2.24, 2.45) is 5.92 Å². The molecule has 1 aromatic heterocycles. The standard InChI is InChI=1S/C24H31N3O4S2/c1-2-15-33(29,30)27-13-7-17(8-14-27)19-5-6-21-22(16-19)32-24(25-21)31-20-9-11-26(12-10-20)23(28)18-3-4-18/h5-7,16,18,20H,2-4,8-15H2,1H3. The van der Waals surface area contributed by atoms with Gasteiger partial charge in [-0.2, -0.15) is 4.31 Å². The molecule has 0 radical (unpaired) electrons. The molecule has 0 spiro atoms. The van der Waals surface area contributed by atoms with Crippen LogP contribution in [0.1, 0.15) is 51.0 Å². The van der Waals surface area contributed by atoms with Gasteiger partial charge in [0.2, 0.25) is 15.9 Å². The molecule has 5 rings (SSSR count). The van der Waals surface area contributed by atoms with Gasteiger partial charge in [-0.25, -0.2) is 13.4 Å². The largest absolute Gasteiger partial charge is 0.467 e. The Morgan fingerprint density at radius 2 is 1.97 bits per heavy atom. The molecule has 7 nitrogen and oxygen atoms in total. The van der Waals surface area contributed by atoms with Gasteiger partial charge in [0.1, 0.15) is 6.10 Å². The van der Waals surface area contributed by atoms with Gasteiger partial charge in [-0.1, -0.05) is 30.4 Å². The first-order valence-electron chi connectivity index (χ1n) is 12.0. The molecule has 2 fully saturated rings. The van der Waals surface area contributed by atoms with Gasteiger partial charge >= 0.3 is 0 Å². The topological polar surface area (TPSA) is 79.8 Å². The molecule has 1 aliphatic carbocycles. The first kappa shape index (κ1) is 22.8. The highest BCUT2D eigenvalue weighted by atomic mass is 32.2. The zero-order valence-electron chi connectivity index (χ0n) is 19.0. The third-order valence-corrected chi connectivity index (χ3v) is 9.67. The number of carbonyl (C=O) groups is 1. The van der Waals surface area contributed by atoms with Crippen LogP contribution in [-0.4, -0.2) is 66.5 Å². The number of hydrogen-bond acceptors (Lipinski definition) is 6. The van der Waals surface area contributed by atoms with Crippen molar-refractivity contribution in [3.05, 3.63) is 29.8 Å². The Balaban J connectivity index is 1.21. The average Bonchev–Trinajstić information content (AvgIpc) is 3.59. The zero-order chi connectivity index (χ0) is 23.0. The van der Waals surface area contributed by atoms with E-state index in [-0.39, 0.29) is 17.8 Å². The van der Waals surface area contributed by atoms with Gasteiger partial charge in [0.05, 0.1) is 16.0 Å². The highest BCUT2D eigenvalue weighted by molar-refractivity contribution is 7.89. The van der Waals surface area contributed by atoms with Crippen molar-refractivity contribution < 1.29 is 17.9 Å². The van der Waals surface area contributed by atoms with Gasteiger partial charge in [-0.15, -0.1) is 0 Å². The Morgan fingerprint density at radius 3 is 2.64 bits per heavy atom. The van der Waals surface area contributed by atoms with Gasteiger partial charge < -0.3 is 9.64 Å². The first-order valence-corrected chi connectivity index (χ1v) is 14.4. The quantitative estimate of drug-likeness (QED) is 0.589. The molecule has 1 saturated carbocycles. The zero-order valence-corrected chi connectivity index (χ0v) is 20.7. The fraction of sp³-hybridized carbons (Fsp3) is 0.583. The van der Waals surface area contributed by atoms with Crippen molar-refractivity contribution >= 4 is 43.1 Å². The molecule has 3 aliphatic rings. The van der Waals surface area contributed by atoms with E-state index >= 15 is 0 Å². The van der Waals surface area contributed by atoms with Crippen molar-refractivity contribution in [2.75, 3.05) is 31.9 Å². The second kappa shape index (κ2) is 9.35. The van der Waals surface area contributed by atoms with Crippen LogP contribution in [0.3, 0.4) is 0 Å². The lowest BCUT2D eigenvalue weighted by atomic mass is 10.0. The molecule has 33 heavy (non-hydrogen) atoms. The van der Waals surface area contributed by atoms with Crippen molar-refractivity contribution in [2.45, 2.75) is 51.6 Å². The van der Waals surface area contributed by atoms with Gasteiger partial charge in [0.15, 0.2) is 0 Å². The highest BCUT2D eigenvalue weighted by Crippen LogP contribution is 2.35. The molecule has 9 heteroatoms. The summed E-state index contributed by atoms with van der Waals surface area (Å²) in [6.45, 7) is 4.41. The summed E-state index contributed by atoms with van der Waals surface area (Å²) >= 11 is 1.56. The minimum Gasteiger partial charge on any atom is -0.467 e. The molecule has 0 bridgehead atoms. The number of likely N-dealkylation sites (tertiary alicyclic amines) is 1. The molecule has 1 saturated heterocycles. The molecular weight excluding hydrogens is 458 g/mol. The number of fused-ring (bicyclic) bond motifs is 1. The van der Waals surface area contributed by atoms with Crippen LogP contribution in [0.5, 0.6) is 5.19 Å². The number of hydrogen-bond donors (Lipinski definition) is 0. The molecule has 2 aromatic rings. The van der Waals surface area contributed by atoms with Crippen LogP contribution >= 0.6 is 11.3 Å². The lowest BCUT2D eigenvalue weighted by Gasteiger charge is -2.31. The highest BCUT2D eigenvalue weighted by Gasteiger charge is 2.35. The molecule has 0 unspecified atom stereocenters. The summed E-state index contributed by atoms with van der Waals surface area (Å²) < 4.78 is 33.5. The summed E-state index contributed by atoms with van der Waals surface area (Å²) in [5.41, 5.74) is 3.23. The van der Waals surface area contributed by atoms with E-state index in [0.29, 0.717) is 30.6 Å². The molecule has 0 N–H and O–H groups in total. The summed E-state index contributed by atoms with van der Waals surface area (Å²) in [5.74, 6) is 0.815. The minimum atomic E-state index is -3.15. The second-order valence-corrected chi connectivity index (χ2v) is 12.3. The van der Waals surface area contributed by atoms with E-state index in [1.165, 1.54) is 5.57 Å². The Hall–Kier alpha value is -1.97. The summed E-state index contributed by atoms with van der Waals surface area (Å²) in [7, 11) is -3.15. The normalized spacial score (nSPS) is 20.8. The maximum absolute atomic E-state index is 12.3. The van der Waals surface area contributed by atoms with Gasteiger partial charge in [-0.05, 0) is 49.0 Å². The Labute approximate surface area is 199 Å². The fourth-order valence-electron chi connectivity index (χ4n) is 4.63. The van der Waals surface area contributed by atoms with Gasteiger partial charge in [-0.3, -0.25) is 4.79 Å². The molecule has 2 aliphatic heterocycles. The number of nitrogens with zero attached hydrogens (tertiary/aromatic N) is 3. The number of carbonyl (C=O) groups excluding carboxylic acids is 1. The minimum absolute atomic E-state index is 0.102. The number of thiazole rings is 1. The predicted molar refractivity (Wildman–Crippen MR) is 131 cm³/mol. The molecular formula is C24H31N3O4S2. The average molecular weight is 490 g/mol. The number of aromatic nitrogens is 1. The number of piperidine rings is 1. The lowest BCUT2D eigenvalue weighted by Crippen LogP contribution is -2.42. The van der Waals surface area contributed by atoms with Crippen LogP contribution in [0, 0.1) is 5.92 Å². The van der Waals surface area contributed by atoms with E-state index in [0.717, 1.165) is 61.0 Å². The third kappa shape index (κ3) is 5.10. The smallest absolute Gasteiger partial charge is 0.274 e. The number of benzene rings is 1. The van der Waals surface area contributed by atoms with Crippen LogP contribution in [0.15, 0.2) is 24.3 Å². The summed E-state index contributed by atoms with van der Waals surface area (Å²) in [6, 6.07) is 6.22. The van der Waals surface area contributed by atoms with Crippen molar-refractivity contribution in [1.29, 1.82) is 0 Å². The summed E-state index contributed by atoms with van der Waals surface area (Å²) in [5, 5.41) is 0.684. The van der Waals surface area contributed by atoms with Crippen molar-refractivity contribution in [3.8, 4) is 5.19 Å². The number of ether oxygens (including phenoxy) is 1. The van der Waals surface area contributed by atoms with Crippen LogP contribution < -0.4 is 4.74 Å². The van der Waals surface area contributed by atoms with Crippen LogP contribution in [0.25, 0.3) is 15.8 Å². The van der Waals surface area contributed by atoms with Crippen LogP contribution in [-0.2, 0) is 14.8 Å². The fourth-order valence-corrected chi connectivity index (χ4v) is 7.00. The van der Waals surface area contributed by atoms with Crippen LogP contribution in [0.2, 0.25) is 0 Å². The van der Waals surface area contributed by atoms with Crippen LogP contribution in [0.4, 0.5) is 0 Å². The Kier molecular flexibility index (Phi) is 6.46. The maximum Gasteiger partial charge on any atom is 0.274 e. The number of sulfonamides is 1.